The predicted octanol–water partition coefficient (Wildman–Crippen LogP) is 6.15. The molecule has 0 atom stereocenters. The van der Waals surface area contributed by atoms with Crippen LogP contribution >= 0.6 is 11.6 Å². The third kappa shape index (κ3) is 5.03. The Kier molecular flexibility index (Phi) is 6.25. The first kappa shape index (κ1) is 23.7. The molecular formula is C26H29ClFN5O2. The molecule has 2 aromatic heterocycles. The number of rotatable bonds is 2. The van der Waals surface area contributed by atoms with Crippen molar-refractivity contribution < 1.29 is 13.9 Å². The van der Waals surface area contributed by atoms with Crippen LogP contribution in [0.15, 0.2) is 36.5 Å². The Morgan fingerprint density at radius 2 is 1.80 bits per heavy atom. The van der Waals surface area contributed by atoms with Gasteiger partial charge in [-0.15, -0.1) is 10.2 Å². The van der Waals surface area contributed by atoms with Gasteiger partial charge in [-0.05, 0) is 82.3 Å². The second kappa shape index (κ2) is 9.22. The highest BCUT2D eigenvalue weighted by Crippen LogP contribution is 2.41. The van der Waals surface area contributed by atoms with Gasteiger partial charge in [-0.25, -0.2) is 9.18 Å². The lowest BCUT2D eigenvalue weighted by Crippen LogP contribution is -2.35. The maximum absolute atomic E-state index is 13.3. The predicted molar refractivity (Wildman–Crippen MR) is 130 cm³/mol. The standard InChI is InChI=1S/C26H29ClFN5O2/c1-26(2,3)35-25(34)32-14-18-12-19(27)8-11-22(18)33-23(15-32)30-31-24(33)17-6-4-16(5-7-17)21-10-9-20(28)13-29-21/h8-13,16-17H,4-7,14-15H2,1-3H3/t16-,17-. The van der Waals surface area contributed by atoms with E-state index in [1.807, 2.05) is 39.0 Å². The van der Waals surface area contributed by atoms with Crippen LogP contribution in [0, 0.1) is 5.82 Å². The van der Waals surface area contributed by atoms with E-state index in [1.165, 1.54) is 12.3 Å². The van der Waals surface area contributed by atoms with Crippen LogP contribution in [0.5, 0.6) is 0 Å². The molecule has 1 amide bonds. The summed E-state index contributed by atoms with van der Waals surface area (Å²) in [6.45, 7) is 6.23. The molecule has 1 fully saturated rings. The van der Waals surface area contributed by atoms with Crippen molar-refractivity contribution in [2.24, 2.45) is 0 Å². The third-order valence-corrected chi connectivity index (χ3v) is 6.88. The van der Waals surface area contributed by atoms with Crippen molar-refractivity contribution in [3.05, 3.63) is 70.3 Å². The normalized spacial score (nSPS) is 20.1. The molecular weight excluding hydrogens is 469 g/mol. The van der Waals surface area contributed by atoms with Crippen molar-refractivity contribution in [3.63, 3.8) is 0 Å². The molecule has 35 heavy (non-hydrogen) atoms. The smallest absolute Gasteiger partial charge is 0.411 e. The molecule has 0 unspecified atom stereocenters. The Bertz CT molecular complexity index is 1230. The molecule has 9 heteroatoms. The Hall–Kier alpha value is -3.00. The van der Waals surface area contributed by atoms with E-state index >= 15 is 0 Å². The summed E-state index contributed by atoms with van der Waals surface area (Å²) in [7, 11) is 0. The summed E-state index contributed by atoms with van der Waals surface area (Å²) < 4.78 is 21.0. The number of carbonyl (C=O) groups excluding carboxylic acids is 1. The molecule has 3 heterocycles. The lowest BCUT2D eigenvalue weighted by atomic mass is 9.80. The first-order chi connectivity index (χ1) is 16.7. The summed E-state index contributed by atoms with van der Waals surface area (Å²) >= 11 is 6.33. The van der Waals surface area contributed by atoms with Crippen LogP contribution in [0.3, 0.4) is 0 Å². The van der Waals surface area contributed by atoms with Crippen LogP contribution < -0.4 is 0 Å². The maximum atomic E-state index is 13.3. The van der Waals surface area contributed by atoms with Crippen LogP contribution in [0.1, 0.15) is 81.2 Å². The van der Waals surface area contributed by atoms with E-state index in [9.17, 15) is 9.18 Å². The molecule has 7 nitrogen and oxygen atoms in total. The summed E-state index contributed by atoms with van der Waals surface area (Å²) in [6.07, 6.45) is 4.65. The van der Waals surface area contributed by atoms with Gasteiger partial charge in [-0.2, -0.15) is 0 Å². The second-order valence-electron chi connectivity index (χ2n) is 10.4. The molecule has 0 bridgehead atoms. The highest BCUT2D eigenvalue weighted by Gasteiger charge is 2.33. The summed E-state index contributed by atoms with van der Waals surface area (Å²) in [6, 6.07) is 8.99. The summed E-state index contributed by atoms with van der Waals surface area (Å²) in [5.74, 6) is 1.83. The monoisotopic (exact) mass is 497 g/mol. The van der Waals surface area contributed by atoms with Crippen LogP contribution in [0.25, 0.3) is 5.69 Å². The van der Waals surface area contributed by atoms with Crippen molar-refractivity contribution in [2.45, 2.75) is 77.0 Å². The first-order valence-corrected chi connectivity index (χ1v) is 12.4. The fourth-order valence-electron chi connectivity index (χ4n) is 5.02. The van der Waals surface area contributed by atoms with Crippen molar-refractivity contribution in [3.8, 4) is 5.69 Å². The maximum Gasteiger partial charge on any atom is 0.411 e. The zero-order valence-electron chi connectivity index (χ0n) is 20.2. The molecule has 0 saturated heterocycles. The van der Waals surface area contributed by atoms with Gasteiger partial charge in [0.15, 0.2) is 5.82 Å². The molecule has 0 N–H and O–H groups in total. The Morgan fingerprint density at radius 3 is 2.49 bits per heavy atom. The summed E-state index contributed by atoms with van der Waals surface area (Å²) in [5, 5.41) is 9.71. The zero-order valence-corrected chi connectivity index (χ0v) is 20.9. The number of hydrogen-bond donors (Lipinski definition) is 0. The number of fused-ring (bicyclic) bond motifs is 3. The van der Waals surface area contributed by atoms with E-state index in [0.29, 0.717) is 29.9 Å². The topological polar surface area (TPSA) is 73.1 Å². The average Bonchev–Trinajstić information content (AvgIpc) is 3.14. The van der Waals surface area contributed by atoms with Gasteiger partial charge in [-0.3, -0.25) is 14.5 Å². The van der Waals surface area contributed by atoms with Gasteiger partial charge in [-0.1, -0.05) is 11.6 Å². The molecule has 184 valence electrons. The summed E-state index contributed by atoms with van der Waals surface area (Å²) in [5.41, 5.74) is 2.21. The van der Waals surface area contributed by atoms with E-state index in [1.54, 1.807) is 11.0 Å². The Labute approximate surface area is 209 Å². The van der Waals surface area contributed by atoms with Gasteiger partial charge in [0.2, 0.25) is 0 Å². The zero-order chi connectivity index (χ0) is 24.7. The number of halogens is 2. The van der Waals surface area contributed by atoms with E-state index < -0.39 is 11.7 Å². The molecule has 1 aliphatic heterocycles. The number of carbonyl (C=O) groups is 1. The minimum Gasteiger partial charge on any atom is -0.444 e. The average molecular weight is 498 g/mol. The van der Waals surface area contributed by atoms with Crippen LogP contribution in [0.2, 0.25) is 5.02 Å². The van der Waals surface area contributed by atoms with E-state index in [2.05, 4.69) is 19.7 Å². The fraction of sp³-hybridized carbons (Fsp3) is 0.462. The number of benzene rings is 1. The largest absolute Gasteiger partial charge is 0.444 e. The highest BCUT2D eigenvalue weighted by atomic mass is 35.5. The molecule has 1 aromatic carbocycles. The highest BCUT2D eigenvalue weighted by molar-refractivity contribution is 6.30. The molecule has 1 aliphatic carbocycles. The first-order valence-electron chi connectivity index (χ1n) is 12.0. The quantitative estimate of drug-likeness (QED) is 0.424. The van der Waals surface area contributed by atoms with Crippen LogP contribution in [-0.2, 0) is 17.8 Å². The molecule has 1 saturated carbocycles. The van der Waals surface area contributed by atoms with Crippen LogP contribution in [0.4, 0.5) is 9.18 Å². The van der Waals surface area contributed by atoms with Gasteiger partial charge in [0.05, 0.1) is 25.0 Å². The van der Waals surface area contributed by atoms with Gasteiger partial charge in [0, 0.05) is 22.6 Å². The molecule has 0 radical (unpaired) electrons. The lowest BCUT2D eigenvalue weighted by molar-refractivity contribution is 0.0214. The van der Waals surface area contributed by atoms with Gasteiger partial charge >= 0.3 is 6.09 Å². The van der Waals surface area contributed by atoms with E-state index in [-0.39, 0.29) is 11.7 Å². The fourth-order valence-corrected chi connectivity index (χ4v) is 5.22. The number of nitrogens with zero attached hydrogens (tertiary/aromatic N) is 5. The summed E-state index contributed by atoms with van der Waals surface area (Å²) in [4.78, 5) is 18.9. The van der Waals surface area contributed by atoms with Gasteiger partial charge < -0.3 is 4.74 Å². The van der Waals surface area contributed by atoms with Crippen molar-refractivity contribution >= 4 is 17.7 Å². The molecule has 2 aliphatic rings. The molecule has 3 aromatic rings. The SMILES string of the molecule is CC(C)(C)OC(=O)N1Cc2cc(Cl)ccc2-n2c(nnc2[C@H]2CC[C@H](c3ccc(F)cn3)CC2)C1. The number of ether oxygens (including phenoxy) is 1. The number of hydrogen-bond acceptors (Lipinski definition) is 5. The molecule has 0 spiro atoms. The van der Waals surface area contributed by atoms with E-state index in [0.717, 1.165) is 48.5 Å². The number of amides is 1. The second-order valence-corrected chi connectivity index (χ2v) is 10.8. The lowest BCUT2D eigenvalue weighted by Gasteiger charge is -2.28. The Balaban J connectivity index is 1.43. The Morgan fingerprint density at radius 1 is 1.06 bits per heavy atom. The van der Waals surface area contributed by atoms with Crippen molar-refractivity contribution in [1.82, 2.24) is 24.6 Å². The minimum absolute atomic E-state index is 0.226. The number of aromatic nitrogens is 4. The van der Waals surface area contributed by atoms with Crippen LogP contribution in [-0.4, -0.2) is 36.3 Å². The van der Waals surface area contributed by atoms with E-state index in [4.69, 9.17) is 16.3 Å². The minimum atomic E-state index is -0.600. The van der Waals surface area contributed by atoms with Crippen molar-refractivity contribution in [2.75, 3.05) is 0 Å². The van der Waals surface area contributed by atoms with Crippen molar-refractivity contribution in [1.29, 1.82) is 0 Å². The van der Waals surface area contributed by atoms with Gasteiger partial charge in [0.25, 0.3) is 0 Å². The number of pyridine rings is 1. The van der Waals surface area contributed by atoms with Gasteiger partial charge in [0.1, 0.15) is 17.2 Å². The molecule has 5 rings (SSSR count). The third-order valence-electron chi connectivity index (χ3n) is 6.64.